The van der Waals surface area contributed by atoms with Crippen molar-refractivity contribution in [2.75, 3.05) is 38.0 Å². The van der Waals surface area contributed by atoms with E-state index in [-0.39, 0.29) is 11.6 Å². The zero-order chi connectivity index (χ0) is 39.6. The van der Waals surface area contributed by atoms with Crippen molar-refractivity contribution in [1.29, 1.82) is 0 Å². The van der Waals surface area contributed by atoms with Crippen molar-refractivity contribution >= 4 is 22.9 Å². The van der Waals surface area contributed by atoms with Gasteiger partial charge in [0.25, 0.3) is 0 Å². The van der Waals surface area contributed by atoms with E-state index < -0.39 is 11.8 Å². The number of hydrogen-bond donors (Lipinski definition) is 0. The van der Waals surface area contributed by atoms with Crippen LogP contribution in [-0.2, 0) is 0 Å². The summed E-state index contributed by atoms with van der Waals surface area (Å²) in [6, 6.07) is 40.3. The number of ketones is 2. The molecule has 2 unspecified atom stereocenters. The standard InChI is InChI=1S/C50H52N2O3/c1-31-25-33(3)45(34(4)26-31)49(53)47(37-17-13-11-14-18-37)41-29-39(51(7)8)21-23-43(41)55-44-24-22-40(52(9)10)30-42(44)48(38-19-15-12-16-20-38)50(54)46-35(5)27-32(2)28-36(46)6/h11-30,47-48H,1-10H3. The molecule has 0 spiro atoms. The van der Waals surface area contributed by atoms with Gasteiger partial charge in [-0.15, -0.1) is 0 Å². The van der Waals surface area contributed by atoms with Crippen molar-refractivity contribution in [3.8, 4) is 11.5 Å². The zero-order valence-corrected chi connectivity index (χ0v) is 33.8. The van der Waals surface area contributed by atoms with Crippen molar-refractivity contribution in [2.24, 2.45) is 0 Å². The molecular weight excluding hydrogens is 677 g/mol. The lowest BCUT2D eigenvalue weighted by Crippen LogP contribution is -2.20. The van der Waals surface area contributed by atoms with Crippen molar-refractivity contribution in [3.63, 3.8) is 0 Å². The van der Waals surface area contributed by atoms with Crippen molar-refractivity contribution in [2.45, 2.75) is 53.4 Å². The number of Topliss-reactive ketones (excluding diaryl/α,β-unsaturated/α-hetero) is 2. The van der Waals surface area contributed by atoms with Gasteiger partial charge in [0.05, 0.1) is 11.8 Å². The molecule has 0 bridgehead atoms. The summed E-state index contributed by atoms with van der Waals surface area (Å²) in [7, 11) is 7.99. The van der Waals surface area contributed by atoms with Gasteiger partial charge in [-0.2, -0.15) is 0 Å². The number of carbonyl (C=O) groups excluding carboxylic acids is 2. The van der Waals surface area contributed by atoms with Gasteiger partial charge in [-0.05, 0) is 111 Å². The Morgan fingerprint density at radius 2 is 0.782 bits per heavy atom. The third kappa shape index (κ3) is 8.12. The van der Waals surface area contributed by atoms with E-state index in [1.54, 1.807) is 0 Å². The van der Waals surface area contributed by atoms with Gasteiger partial charge in [-0.25, -0.2) is 0 Å². The second-order valence-electron chi connectivity index (χ2n) is 15.3. The molecule has 6 aromatic carbocycles. The van der Waals surface area contributed by atoms with Crippen LogP contribution in [0.1, 0.15) is 88.2 Å². The fourth-order valence-electron chi connectivity index (χ4n) is 8.04. The minimum absolute atomic E-state index is 0.00722. The minimum atomic E-state index is -0.662. The van der Waals surface area contributed by atoms with Crippen LogP contribution in [-0.4, -0.2) is 39.8 Å². The number of anilines is 2. The van der Waals surface area contributed by atoms with Crippen LogP contribution in [0.15, 0.2) is 121 Å². The Balaban J connectivity index is 1.59. The van der Waals surface area contributed by atoms with Crippen LogP contribution in [0.25, 0.3) is 0 Å². The normalized spacial score (nSPS) is 12.2. The van der Waals surface area contributed by atoms with E-state index >= 15 is 9.59 Å². The molecule has 0 aliphatic rings. The van der Waals surface area contributed by atoms with Crippen LogP contribution in [0, 0.1) is 41.5 Å². The molecule has 6 rings (SSSR count). The van der Waals surface area contributed by atoms with E-state index in [0.29, 0.717) is 11.5 Å². The summed E-state index contributed by atoms with van der Waals surface area (Å²) < 4.78 is 7.10. The summed E-state index contributed by atoms with van der Waals surface area (Å²) in [6.45, 7) is 12.2. The van der Waals surface area contributed by atoms with E-state index in [4.69, 9.17) is 4.74 Å². The maximum Gasteiger partial charge on any atom is 0.175 e. The number of rotatable bonds is 12. The third-order valence-electron chi connectivity index (χ3n) is 10.5. The lowest BCUT2D eigenvalue weighted by Gasteiger charge is -2.27. The summed E-state index contributed by atoms with van der Waals surface area (Å²) in [6.07, 6.45) is 0. The topological polar surface area (TPSA) is 49.9 Å². The minimum Gasteiger partial charge on any atom is -0.457 e. The Morgan fingerprint density at radius 3 is 1.09 bits per heavy atom. The van der Waals surface area contributed by atoms with E-state index in [9.17, 15) is 0 Å². The maximum absolute atomic E-state index is 15.1. The van der Waals surface area contributed by atoms with Crippen LogP contribution in [0.5, 0.6) is 11.5 Å². The highest BCUT2D eigenvalue weighted by atomic mass is 16.5. The molecule has 0 aliphatic heterocycles. The second-order valence-corrected chi connectivity index (χ2v) is 15.3. The molecule has 6 aromatic rings. The molecule has 55 heavy (non-hydrogen) atoms. The second kappa shape index (κ2) is 16.2. The molecule has 2 atom stereocenters. The van der Waals surface area contributed by atoms with Gasteiger partial charge in [-0.3, -0.25) is 9.59 Å². The fourth-order valence-corrected chi connectivity index (χ4v) is 8.04. The first-order valence-corrected chi connectivity index (χ1v) is 18.9. The van der Waals surface area contributed by atoms with Crippen LogP contribution >= 0.6 is 0 Å². The quantitative estimate of drug-likeness (QED) is 0.117. The molecule has 0 aromatic heterocycles. The molecule has 0 heterocycles. The van der Waals surface area contributed by atoms with Gasteiger partial charge < -0.3 is 14.5 Å². The summed E-state index contributed by atoms with van der Waals surface area (Å²) >= 11 is 0. The van der Waals surface area contributed by atoms with E-state index in [0.717, 1.165) is 78.1 Å². The Bertz CT molecular complexity index is 2150. The van der Waals surface area contributed by atoms with E-state index in [1.165, 1.54) is 0 Å². The van der Waals surface area contributed by atoms with Gasteiger partial charge in [0.15, 0.2) is 11.6 Å². The van der Waals surface area contributed by atoms with Gasteiger partial charge in [0.2, 0.25) is 0 Å². The highest BCUT2D eigenvalue weighted by Crippen LogP contribution is 2.44. The number of nitrogens with zero attached hydrogens (tertiary/aromatic N) is 2. The summed E-state index contributed by atoms with van der Waals surface area (Å²) in [5, 5.41) is 0. The molecule has 5 nitrogen and oxygen atoms in total. The molecule has 0 N–H and O–H groups in total. The first kappa shape index (κ1) is 38.8. The number of carbonyl (C=O) groups is 2. The maximum atomic E-state index is 15.1. The fraction of sp³-hybridized carbons (Fsp3) is 0.240. The van der Waals surface area contributed by atoms with Crippen molar-refractivity contribution in [1.82, 2.24) is 0 Å². The average Bonchev–Trinajstić information content (AvgIpc) is 3.13. The largest absolute Gasteiger partial charge is 0.457 e. The Morgan fingerprint density at radius 1 is 0.455 bits per heavy atom. The van der Waals surface area contributed by atoms with Crippen LogP contribution in [0.3, 0.4) is 0 Å². The van der Waals surface area contributed by atoms with Crippen molar-refractivity contribution < 1.29 is 14.3 Å². The summed E-state index contributed by atoms with van der Waals surface area (Å²) in [4.78, 5) is 34.2. The van der Waals surface area contributed by atoms with E-state index in [2.05, 4.69) is 50.2 Å². The van der Waals surface area contributed by atoms with Crippen LogP contribution < -0.4 is 14.5 Å². The first-order valence-electron chi connectivity index (χ1n) is 18.9. The Labute approximate surface area is 327 Å². The number of benzene rings is 6. The lowest BCUT2D eigenvalue weighted by molar-refractivity contribution is 0.0965. The lowest BCUT2D eigenvalue weighted by atomic mass is 9.81. The molecule has 0 amide bonds. The SMILES string of the molecule is Cc1cc(C)c(C(=O)C(c2ccccc2)c2cc(N(C)C)ccc2Oc2ccc(N(C)C)cc2C(C(=O)c2c(C)cc(C)cc2C)c2ccccc2)c(C)c1. The molecular formula is C50H52N2O3. The molecule has 0 saturated carbocycles. The van der Waals surface area contributed by atoms with Gasteiger partial charge in [0.1, 0.15) is 11.5 Å². The molecule has 0 fully saturated rings. The van der Waals surface area contributed by atoms with Gasteiger partial charge in [-0.1, -0.05) is 96.1 Å². The first-order chi connectivity index (χ1) is 26.2. The molecule has 0 saturated heterocycles. The molecule has 280 valence electrons. The molecule has 0 radical (unpaired) electrons. The zero-order valence-electron chi connectivity index (χ0n) is 33.8. The third-order valence-corrected chi connectivity index (χ3v) is 10.5. The van der Waals surface area contributed by atoms with Gasteiger partial charge in [0, 0.05) is 61.8 Å². The smallest absolute Gasteiger partial charge is 0.175 e. The Hall–Kier alpha value is -5.94. The molecule has 0 aliphatic carbocycles. The number of aryl methyl sites for hydroxylation is 6. The Kier molecular flexibility index (Phi) is 11.4. The van der Waals surface area contributed by atoms with Crippen molar-refractivity contribution in [3.05, 3.63) is 188 Å². The summed E-state index contributed by atoms with van der Waals surface area (Å²) in [5.74, 6) is -0.206. The number of ether oxygens (including phenoxy) is 1. The van der Waals surface area contributed by atoms with Gasteiger partial charge >= 0.3 is 0 Å². The summed E-state index contributed by atoms with van der Waals surface area (Å²) in [5.41, 5.74) is 12.6. The predicted molar refractivity (Wildman–Crippen MR) is 228 cm³/mol. The van der Waals surface area contributed by atoms with Crippen LogP contribution in [0.4, 0.5) is 11.4 Å². The predicted octanol–water partition coefficient (Wildman–Crippen LogP) is 11.5. The van der Waals surface area contributed by atoms with Crippen LogP contribution in [0.2, 0.25) is 0 Å². The molecule has 5 heteroatoms. The van der Waals surface area contributed by atoms with E-state index in [1.807, 2.05) is 151 Å². The number of hydrogen-bond acceptors (Lipinski definition) is 5. The average molecular weight is 729 g/mol. The highest BCUT2D eigenvalue weighted by molar-refractivity contribution is 6.06. The highest BCUT2D eigenvalue weighted by Gasteiger charge is 2.33. The monoisotopic (exact) mass is 728 g/mol.